The van der Waals surface area contributed by atoms with E-state index in [1.807, 2.05) is 4.72 Å². The predicted octanol–water partition coefficient (Wildman–Crippen LogP) is 4.16. The zero-order valence-electron chi connectivity index (χ0n) is 20.1. The molecule has 3 aromatic carbocycles. The Labute approximate surface area is 216 Å². The van der Waals surface area contributed by atoms with Crippen molar-refractivity contribution >= 4 is 32.8 Å². The van der Waals surface area contributed by atoms with Gasteiger partial charge in [-0.1, -0.05) is 30.3 Å². The highest BCUT2D eigenvalue weighted by molar-refractivity contribution is 7.92. The van der Waals surface area contributed by atoms with Crippen LogP contribution in [0.3, 0.4) is 0 Å². The first-order valence-corrected chi connectivity index (χ1v) is 13.3. The van der Waals surface area contributed by atoms with Crippen molar-refractivity contribution in [1.82, 2.24) is 14.7 Å². The van der Waals surface area contributed by atoms with Crippen LogP contribution in [-0.2, 0) is 20.6 Å². The number of imidazole rings is 1. The number of aromatic nitrogens is 2. The lowest BCUT2D eigenvalue weighted by Gasteiger charge is -2.37. The van der Waals surface area contributed by atoms with E-state index in [1.165, 1.54) is 6.07 Å². The maximum Gasteiger partial charge on any atom is 0.326 e. The molecule has 2 aliphatic rings. The highest BCUT2D eigenvalue weighted by Crippen LogP contribution is 2.42. The first kappa shape index (κ1) is 24.3. The fourth-order valence-corrected chi connectivity index (χ4v) is 6.02. The zero-order valence-corrected chi connectivity index (χ0v) is 20.9. The molecular formula is C26H22F2N4O5S. The Hall–Kier alpha value is -4.03. The highest BCUT2D eigenvalue weighted by atomic mass is 32.2. The maximum atomic E-state index is 15.5. The molecule has 1 aromatic heterocycles. The van der Waals surface area contributed by atoms with Gasteiger partial charge in [0.25, 0.3) is 11.9 Å². The molecule has 1 aliphatic carbocycles. The van der Waals surface area contributed by atoms with Gasteiger partial charge in [-0.15, -0.1) is 0 Å². The number of fused-ring (bicyclic) bond motifs is 1. The Kier molecular flexibility index (Phi) is 5.44. The van der Waals surface area contributed by atoms with Crippen molar-refractivity contribution in [3.05, 3.63) is 71.3 Å². The van der Waals surface area contributed by atoms with Crippen LogP contribution in [0.25, 0.3) is 22.2 Å². The van der Waals surface area contributed by atoms with Gasteiger partial charge < -0.3 is 14.8 Å². The number of ether oxygens (including phenoxy) is 1. The van der Waals surface area contributed by atoms with Gasteiger partial charge in [0.05, 0.1) is 22.4 Å². The topological polar surface area (TPSA) is 125 Å². The molecule has 0 radical (unpaired) electrons. The van der Waals surface area contributed by atoms with Crippen LogP contribution in [0.2, 0.25) is 0 Å². The van der Waals surface area contributed by atoms with Gasteiger partial charge >= 0.3 is 10.2 Å². The fraction of sp³-hybridized carbons (Fsp3) is 0.231. The average molecular weight is 541 g/mol. The average Bonchev–Trinajstić information content (AvgIpc) is 3.37. The molecule has 0 spiro atoms. The lowest BCUT2D eigenvalue weighted by Crippen LogP contribution is -2.33. The number of nitrogens with zero attached hydrogens (tertiary/aromatic N) is 2. The Morgan fingerprint density at radius 2 is 1.84 bits per heavy atom. The van der Waals surface area contributed by atoms with Crippen molar-refractivity contribution in [1.29, 1.82) is 0 Å². The molecule has 1 saturated heterocycles. The van der Waals surface area contributed by atoms with E-state index >= 15 is 8.78 Å². The highest BCUT2D eigenvalue weighted by Gasteiger charge is 2.36. The minimum Gasteiger partial charge on any atom is -0.426 e. The molecule has 0 bridgehead atoms. The number of H-pyrrole nitrogens is 1. The second-order valence-electron chi connectivity index (χ2n) is 9.54. The van der Waals surface area contributed by atoms with Crippen LogP contribution in [-0.4, -0.2) is 35.9 Å². The Morgan fingerprint density at radius 3 is 2.47 bits per heavy atom. The molecule has 9 nitrogen and oxygen atoms in total. The number of halogens is 2. The molecule has 1 amide bonds. The molecular weight excluding hydrogens is 518 g/mol. The van der Waals surface area contributed by atoms with Crippen LogP contribution >= 0.6 is 0 Å². The number of hydrogen-bond acceptors (Lipinski definition) is 6. The number of hydrogen-bond donors (Lipinski definition) is 3. The fourth-order valence-electron chi connectivity index (χ4n) is 4.81. The number of rotatable bonds is 5. The second-order valence-corrected chi connectivity index (χ2v) is 11.1. The van der Waals surface area contributed by atoms with Gasteiger partial charge in [-0.2, -0.15) is 13.4 Å². The monoisotopic (exact) mass is 540 g/mol. The standard InChI is InChI=1S/C26H22F2N4O5S/c1-14-3-8-17(11-20(14)32-13-21(33)31-38(32,35)36)37-25-29-19-12-18(27)22(23(28)24(19)30-25)15-4-6-16(7-5-15)26(34)9-2-10-26/h3-8,11-12,34H,2,9-10,13H2,1H3,(H,29,30)(H,31,33). The molecule has 2 fully saturated rings. The molecule has 1 saturated carbocycles. The molecule has 0 atom stereocenters. The minimum absolute atomic E-state index is 0.0726. The van der Waals surface area contributed by atoms with E-state index in [0.717, 1.165) is 16.8 Å². The van der Waals surface area contributed by atoms with Gasteiger partial charge in [0.1, 0.15) is 23.6 Å². The van der Waals surface area contributed by atoms with Crippen molar-refractivity contribution in [2.24, 2.45) is 0 Å². The number of aryl methyl sites for hydroxylation is 1. The number of nitrogens with one attached hydrogen (secondary N) is 2. The number of aliphatic hydroxyl groups is 1. The number of aromatic amines is 1. The van der Waals surface area contributed by atoms with E-state index in [9.17, 15) is 18.3 Å². The Balaban J connectivity index is 1.32. The summed E-state index contributed by atoms with van der Waals surface area (Å²) in [6.07, 6.45) is 2.24. The van der Waals surface area contributed by atoms with E-state index < -0.39 is 33.4 Å². The number of benzene rings is 3. The number of amides is 1. The van der Waals surface area contributed by atoms with Crippen LogP contribution in [0.5, 0.6) is 11.8 Å². The molecule has 1 aliphatic heterocycles. The van der Waals surface area contributed by atoms with Crippen LogP contribution in [0.1, 0.15) is 30.4 Å². The van der Waals surface area contributed by atoms with Crippen LogP contribution in [0.4, 0.5) is 14.5 Å². The Morgan fingerprint density at radius 1 is 1.11 bits per heavy atom. The first-order chi connectivity index (χ1) is 18.0. The molecule has 6 rings (SSSR count). The summed E-state index contributed by atoms with van der Waals surface area (Å²) >= 11 is 0. The van der Waals surface area contributed by atoms with Crippen LogP contribution in [0, 0.1) is 18.6 Å². The molecule has 196 valence electrons. The molecule has 2 heterocycles. The van der Waals surface area contributed by atoms with E-state index in [0.29, 0.717) is 29.5 Å². The van der Waals surface area contributed by atoms with Gasteiger partial charge in [0, 0.05) is 12.1 Å². The van der Waals surface area contributed by atoms with Crippen molar-refractivity contribution < 1.29 is 31.8 Å². The zero-order chi connectivity index (χ0) is 26.8. The summed E-state index contributed by atoms with van der Waals surface area (Å²) in [6, 6.07) is 12.1. The number of carbonyl (C=O) groups excluding carboxylic acids is 1. The molecule has 3 N–H and O–H groups in total. The molecule has 38 heavy (non-hydrogen) atoms. The maximum absolute atomic E-state index is 15.5. The largest absolute Gasteiger partial charge is 0.426 e. The SMILES string of the molecule is Cc1ccc(Oc2nc3c(F)c(-c4ccc(C5(O)CCC5)cc4)c(F)cc3[nH]2)cc1N1CC(=O)NS1(=O)=O. The van der Waals surface area contributed by atoms with Gasteiger partial charge in [-0.3, -0.25) is 4.79 Å². The summed E-state index contributed by atoms with van der Waals surface area (Å²) in [5, 5.41) is 10.5. The third-order valence-corrected chi connectivity index (χ3v) is 8.41. The number of carbonyl (C=O) groups is 1. The first-order valence-electron chi connectivity index (χ1n) is 11.9. The van der Waals surface area contributed by atoms with Gasteiger partial charge in [0.2, 0.25) is 0 Å². The smallest absolute Gasteiger partial charge is 0.326 e. The quantitative estimate of drug-likeness (QED) is 0.349. The number of anilines is 1. The summed E-state index contributed by atoms with van der Waals surface area (Å²) in [6.45, 7) is 1.31. The van der Waals surface area contributed by atoms with Crippen LogP contribution in [0.15, 0.2) is 48.5 Å². The summed E-state index contributed by atoms with van der Waals surface area (Å²) < 4.78 is 63.6. The minimum atomic E-state index is -4.02. The van der Waals surface area contributed by atoms with Gasteiger partial charge in [-0.25, -0.2) is 17.8 Å². The van der Waals surface area contributed by atoms with Crippen molar-refractivity contribution in [2.75, 3.05) is 10.8 Å². The Bertz CT molecular complexity index is 1720. The van der Waals surface area contributed by atoms with E-state index in [4.69, 9.17) is 4.74 Å². The summed E-state index contributed by atoms with van der Waals surface area (Å²) in [4.78, 5) is 18.5. The van der Waals surface area contributed by atoms with Gasteiger partial charge in [-0.05, 0) is 48.9 Å². The third-order valence-electron chi connectivity index (χ3n) is 7.02. The molecule has 12 heteroatoms. The van der Waals surface area contributed by atoms with E-state index in [2.05, 4.69) is 9.97 Å². The summed E-state index contributed by atoms with van der Waals surface area (Å²) in [5.41, 5.74) is 0.625. The van der Waals surface area contributed by atoms with Crippen molar-refractivity contribution in [3.63, 3.8) is 0 Å². The van der Waals surface area contributed by atoms with E-state index in [1.54, 1.807) is 43.3 Å². The summed E-state index contributed by atoms with van der Waals surface area (Å²) in [7, 11) is -4.02. The van der Waals surface area contributed by atoms with Crippen molar-refractivity contribution in [2.45, 2.75) is 31.8 Å². The van der Waals surface area contributed by atoms with Crippen LogP contribution < -0.4 is 13.8 Å². The predicted molar refractivity (Wildman–Crippen MR) is 135 cm³/mol. The third kappa shape index (κ3) is 3.96. The van der Waals surface area contributed by atoms with Crippen molar-refractivity contribution in [3.8, 4) is 22.9 Å². The second kappa shape index (κ2) is 8.50. The lowest BCUT2D eigenvalue weighted by atomic mass is 9.75. The lowest BCUT2D eigenvalue weighted by molar-refractivity contribution is -0.117. The van der Waals surface area contributed by atoms with Gasteiger partial charge in [0.15, 0.2) is 5.82 Å². The van der Waals surface area contributed by atoms with E-state index in [-0.39, 0.29) is 40.6 Å². The normalized spacial score (nSPS) is 17.9. The molecule has 4 aromatic rings. The molecule has 0 unspecified atom stereocenters. The summed E-state index contributed by atoms with van der Waals surface area (Å²) in [5.74, 6) is -2.16.